The second-order valence-electron chi connectivity index (χ2n) is 2.32. The van der Waals surface area contributed by atoms with Gasteiger partial charge in [0.15, 0.2) is 0 Å². The van der Waals surface area contributed by atoms with Crippen molar-refractivity contribution in [3.05, 3.63) is 17.8 Å². The predicted octanol–water partition coefficient (Wildman–Crippen LogP) is 0.581. The van der Waals surface area contributed by atoms with Crippen molar-refractivity contribution in [2.45, 2.75) is 0 Å². The standard InChI is InChI=1S/C9H8N4/c1-2-3-12-8-4-9(11)13-6-7(8)5-10/h1,4,6H,3H2,(H3,11,12,13). The molecule has 3 N–H and O–H groups in total. The smallest absolute Gasteiger partial charge is 0.125 e. The Morgan fingerprint density at radius 3 is 3.08 bits per heavy atom. The van der Waals surface area contributed by atoms with E-state index >= 15 is 0 Å². The molecule has 1 heterocycles. The van der Waals surface area contributed by atoms with Crippen LogP contribution in [0.15, 0.2) is 12.3 Å². The maximum absolute atomic E-state index is 8.69. The predicted molar refractivity (Wildman–Crippen MR) is 50.7 cm³/mol. The highest BCUT2D eigenvalue weighted by Gasteiger charge is 2.01. The summed E-state index contributed by atoms with van der Waals surface area (Å²) in [5.41, 5.74) is 6.49. The molecule has 0 fully saturated rings. The van der Waals surface area contributed by atoms with Gasteiger partial charge in [-0.15, -0.1) is 6.42 Å². The topological polar surface area (TPSA) is 74.7 Å². The molecule has 4 nitrogen and oxygen atoms in total. The Morgan fingerprint density at radius 1 is 1.69 bits per heavy atom. The van der Waals surface area contributed by atoms with E-state index in [-0.39, 0.29) is 0 Å². The molecule has 13 heavy (non-hydrogen) atoms. The van der Waals surface area contributed by atoms with Gasteiger partial charge in [-0.1, -0.05) is 5.92 Å². The fraction of sp³-hybridized carbons (Fsp3) is 0.111. The summed E-state index contributed by atoms with van der Waals surface area (Å²) in [7, 11) is 0. The first-order valence-corrected chi connectivity index (χ1v) is 3.61. The van der Waals surface area contributed by atoms with Crippen molar-refractivity contribution in [1.29, 1.82) is 5.26 Å². The van der Waals surface area contributed by atoms with Crippen molar-refractivity contribution in [2.24, 2.45) is 0 Å². The molecular weight excluding hydrogens is 164 g/mol. The van der Waals surface area contributed by atoms with Crippen LogP contribution in [0.1, 0.15) is 5.56 Å². The number of nitrogens with zero attached hydrogens (tertiary/aromatic N) is 2. The third kappa shape index (κ3) is 2.11. The molecule has 0 amide bonds. The molecule has 64 valence electrons. The van der Waals surface area contributed by atoms with E-state index in [2.05, 4.69) is 16.2 Å². The van der Waals surface area contributed by atoms with Gasteiger partial charge in [-0.3, -0.25) is 0 Å². The van der Waals surface area contributed by atoms with Crippen LogP contribution in [0, 0.1) is 23.7 Å². The Labute approximate surface area is 76.4 Å². The first-order chi connectivity index (χ1) is 6.27. The lowest BCUT2D eigenvalue weighted by atomic mass is 10.2. The van der Waals surface area contributed by atoms with Gasteiger partial charge in [-0.2, -0.15) is 5.26 Å². The Morgan fingerprint density at radius 2 is 2.46 bits per heavy atom. The highest BCUT2D eigenvalue weighted by molar-refractivity contribution is 5.60. The van der Waals surface area contributed by atoms with E-state index in [0.717, 1.165) is 0 Å². The van der Waals surface area contributed by atoms with Crippen molar-refractivity contribution in [3.8, 4) is 18.4 Å². The zero-order valence-electron chi connectivity index (χ0n) is 6.91. The molecule has 0 aliphatic carbocycles. The number of pyridine rings is 1. The van der Waals surface area contributed by atoms with E-state index < -0.39 is 0 Å². The van der Waals surface area contributed by atoms with Gasteiger partial charge >= 0.3 is 0 Å². The molecule has 0 aromatic carbocycles. The number of hydrogen-bond donors (Lipinski definition) is 2. The summed E-state index contributed by atoms with van der Waals surface area (Å²) in [4.78, 5) is 3.78. The van der Waals surface area contributed by atoms with E-state index in [1.807, 2.05) is 6.07 Å². The van der Waals surface area contributed by atoms with E-state index in [0.29, 0.717) is 23.6 Å². The lowest BCUT2D eigenvalue weighted by molar-refractivity contribution is 1.28. The monoisotopic (exact) mass is 172 g/mol. The molecule has 0 aliphatic heterocycles. The molecule has 0 unspecified atom stereocenters. The van der Waals surface area contributed by atoms with Crippen LogP contribution in [-0.2, 0) is 0 Å². The molecule has 4 heteroatoms. The molecular formula is C9H8N4. The van der Waals surface area contributed by atoms with E-state index in [1.165, 1.54) is 6.20 Å². The molecule has 0 saturated carbocycles. The van der Waals surface area contributed by atoms with Gasteiger partial charge in [0.05, 0.1) is 17.8 Å². The highest BCUT2D eigenvalue weighted by Crippen LogP contribution is 2.15. The minimum atomic E-state index is 0.359. The van der Waals surface area contributed by atoms with Crippen molar-refractivity contribution in [3.63, 3.8) is 0 Å². The van der Waals surface area contributed by atoms with Crippen molar-refractivity contribution >= 4 is 11.5 Å². The van der Waals surface area contributed by atoms with Gasteiger partial charge in [0, 0.05) is 12.3 Å². The minimum Gasteiger partial charge on any atom is -0.384 e. The summed E-state index contributed by atoms with van der Waals surface area (Å²) in [6, 6.07) is 3.56. The third-order valence-electron chi connectivity index (χ3n) is 1.43. The minimum absolute atomic E-state index is 0.359. The van der Waals surface area contributed by atoms with Crippen molar-refractivity contribution < 1.29 is 0 Å². The second kappa shape index (κ2) is 3.99. The molecule has 0 spiro atoms. The van der Waals surface area contributed by atoms with Crippen molar-refractivity contribution in [2.75, 3.05) is 17.6 Å². The number of terminal acetylenes is 1. The average Bonchev–Trinajstić information content (AvgIpc) is 2.15. The lowest BCUT2D eigenvalue weighted by Crippen LogP contribution is -2.02. The SMILES string of the molecule is C#CCNc1cc(N)ncc1C#N. The summed E-state index contributed by atoms with van der Waals surface area (Å²) in [5, 5.41) is 11.6. The fourth-order valence-corrected chi connectivity index (χ4v) is 0.853. The lowest BCUT2D eigenvalue weighted by Gasteiger charge is -2.04. The number of nitrogens with two attached hydrogens (primary N) is 1. The number of hydrogen-bond acceptors (Lipinski definition) is 4. The Kier molecular flexibility index (Phi) is 2.73. The van der Waals surface area contributed by atoms with Crippen LogP contribution in [-0.4, -0.2) is 11.5 Å². The number of nitrogens with one attached hydrogen (secondary N) is 1. The number of rotatable bonds is 2. The maximum Gasteiger partial charge on any atom is 0.125 e. The molecule has 1 aromatic rings. The zero-order valence-corrected chi connectivity index (χ0v) is 6.91. The molecule has 1 rings (SSSR count). The molecule has 0 bridgehead atoms. The summed E-state index contributed by atoms with van der Waals surface area (Å²) in [6.07, 6.45) is 6.47. The highest BCUT2D eigenvalue weighted by atomic mass is 14.9. The number of aromatic nitrogens is 1. The van der Waals surface area contributed by atoms with Crippen LogP contribution in [0.2, 0.25) is 0 Å². The number of nitriles is 1. The quantitative estimate of drug-likeness (QED) is 0.640. The van der Waals surface area contributed by atoms with Gasteiger partial charge in [-0.25, -0.2) is 4.98 Å². The molecule has 1 aromatic heterocycles. The summed E-state index contributed by atoms with van der Waals surface area (Å²) in [6.45, 7) is 0.359. The van der Waals surface area contributed by atoms with E-state index in [9.17, 15) is 0 Å². The Balaban J connectivity index is 2.97. The summed E-state index contributed by atoms with van der Waals surface area (Å²) < 4.78 is 0. The summed E-state index contributed by atoms with van der Waals surface area (Å²) >= 11 is 0. The van der Waals surface area contributed by atoms with Gasteiger partial charge in [0.2, 0.25) is 0 Å². The zero-order chi connectivity index (χ0) is 9.68. The van der Waals surface area contributed by atoms with Gasteiger partial charge in [0.25, 0.3) is 0 Å². The fourth-order valence-electron chi connectivity index (χ4n) is 0.853. The molecule has 0 atom stereocenters. The maximum atomic E-state index is 8.69. The molecule has 0 radical (unpaired) electrons. The number of nitrogen functional groups attached to an aromatic ring is 1. The Hall–Kier alpha value is -2.20. The molecule has 0 aliphatic rings. The van der Waals surface area contributed by atoms with Crippen LogP contribution in [0.4, 0.5) is 11.5 Å². The summed E-state index contributed by atoms with van der Waals surface area (Å²) in [5.74, 6) is 2.76. The van der Waals surface area contributed by atoms with Crippen LogP contribution in [0.5, 0.6) is 0 Å². The van der Waals surface area contributed by atoms with Crippen LogP contribution in [0.3, 0.4) is 0 Å². The first-order valence-electron chi connectivity index (χ1n) is 3.61. The number of anilines is 2. The largest absolute Gasteiger partial charge is 0.384 e. The van der Waals surface area contributed by atoms with Gasteiger partial charge in [0.1, 0.15) is 11.9 Å². The third-order valence-corrected chi connectivity index (χ3v) is 1.43. The van der Waals surface area contributed by atoms with E-state index in [1.54, 1.807) is 6.07 Å². The van der Waals surface area contributed by atoms with Gasteiger partial charge < -0.3 is 11.1 Å². The second-order valence-corrected chi connectivity index (χ2v) is 2.32. The van der Waals surface area contributed by atoms with Gasteiger partial charge in [-0.05, 0) is 0 Å². The Bertz CT molecular complexity index is 384. The van der Waals surface area contributed by atoms with Crippen LogP contribution >= 0.6 is 0 Å². The van der Waals surface area contributed by atoms with Crippen molar-refractivity contribution in [1.82, 2.24) is 4.98 Å². The van der Waals surface area contributed by atoms with Crippen LogP contribution in [0.25, 0.3) is 0 Å². The van der Waals surface area contributed by atoms with Crippen LogP contribution < -0.4 is 11.1 Å². The van der Waals surface area contributed by atoms with E-state index in [4.69, 9.17) is 17.4 Å². The average molecular weight is 172 g/mol. The normalized spacial score (nSPS) is 8.46. The first kappa shape index (κ1) is 8.89. The molecule has 0 saturated heterocycles.